The number of rotatable bonds is 8. The van der Waals surface area contributed by atoms with Crippen LogP contribution in [0.4, 0.5) is 0 Å². The van der Waals surface area contributed by atoms with Crippen molar-refractivity contribution in [3.8, 4) is 0 Å². The van der Waals surface area contributed by atoms with Gasteiger partial charge in [-0.25, -0.2) is 0 Å². The van der Waals surface area contributed by atoms with Gasteiger partial charge >= 0.3 is 0 Å². The standard InChI is InChI=1S/C13H27NS/c1-2-3-4-5-6-9-14-12-13-7-10-15-11-8-13/h13-14H,2-12H2,1H3. The van der Waals surface area contributed by atoms with Gasteiger partial charge in [-0.15, -0.1) is 0 Å². The predicted molar refractivity (Wildman–Crippen MR) is 71.7 cm³/mol. The summed E-state index contributed by atoms with van der Waals surface area (Å²) in [5, 5.41) is 3.62. The molecule has 1 saturated heterocycles. The van der Waals surface area contributed by atoms with Crippen LogP contribution in [-0.4, -0.2) is 24.6 Å². The first kappa shape index (κ1) is 13.4. The van der Waals surface area contributed by atoms with Gasteiger partial charge in [0.2, 0.25) is 0 Å². The lowest BCUT2D eigenvalue weighted by Crippen LogP contribution is -2.26. The Morgan fingerprint density at radius 1 is 1.07 bits per heavy atom. The lowest BCUT2D eigenvalue weighted by molar-refractivity contribution is 0.442. The van der Waals surface area contributed by atoms with Gasteiger partial charge in [-0.3, -0.25) is 0 Å². The number of thioether (sulfide) groups is 1. The number of hydrogen-bond acceptors (Lipinski definition) is 2. The first-order chi connectivity index (χ1) is 7.43. The summed E-state index contributed by atoms with van der Waals surface area (Å²) in [6, 6.07) is 0. The molecule has 0 atom stereocenters. The van der Waals surface area contributed by atoms with Gasteiger partial charge in [-0.2, -0.15) is 11.8 Å². The summed E-state index contributed by atoms with van der Waals surface area (Å²) in [6.45, 7) is 4.79. The topological polar surface area (TPSA) is 12.0 Å². The van der Waals surface area contributed by atoms with E-state index in [2.05, 4.69) is 24.0 Å². The van der Waals surface area contributed by atoms with Crippen molar-refractivity contribution >= 4 is 11.8 Å². The van der Waals surface area contributed by atoms with Gasteiger partial charge in [0.1, 0.15) is 0 Å². The Morgan fingerprint density at radius 2 is 1.80 bits per heavy atom. The zero-order chi connectivity index (χ0) is 10.8. The molecule has 0 aromatic rings. The molecule has 1 aliphatic heterocycles. The van der Waals surface area contributed by atoms with E-state index >= 15 is 0 Å². The zero-order valence-corrected chi connectivity index (χ0v) is 11.1. The van der Waals surface area contributed by atoms with Crippen molar-refractivity contribution < 1.29 is 0 Å². The smallest absolute Gasteiger partial charge is 0.00199 e. The highest BCUT2D eigenvalue weighted by molar-refractivity contribution is 7.99. The first-order valence-electron chi connectivity index (χ1n) is 6.72. The molecule has 1 fully saturated rings. The Labute approximate surface area is 99.8 Å². The molecule has 1 aliphatic rings. The SMILES string of the molecule is CCCCCCCNCC1CCSCC1. The van der Waals surface area contributed by atoms with Crippen LogP contribution in [0, 0.1) is 5.92 Å². The molecule has 90 valence electrons. The van der Waals surface area contributed by atoms with Gasteiger partial charge < -0.3 is 5.32 Å². The average Bonchev–Trinajstić information content (AvgIpc) is 2.29. The molecule has 0 aromatic carbocycles. The van der Waals surface area contributed by atoms with E-state index in [4.69, 9.17) is 0 Å². The lowest BCUT2D eigenvalue weighted by atomic mass is 10.0. The Hall–Kier alpha value is 0.310. The molecular formula is C13H27NS. The normalized spacial score (nSPS) is 18.2. The van der Waals surface area contributed by atoms with Crippen LogP contribution in [0.1, 0.15) is 51.9 Å². The van der Waals surface area contributed by atoms with Gasteiger partial charge in [0.25, 0.3) is 0 Å². The van der Waals surface area contributed by atoms with Crippen molar-refractivity contribution in [1.29, 1.82) is 0 Å². The summed E-state index contributed by atoms with van der Waals surface area (Å²) < 4.78 is 0. The molecule has 1 N–H and O–H groups in total. The maximum absolute atomic E-state index is 3.62. The lowest BCUT2D eigenvalue weighted by Gasteiger charge is -2.21. The second-order valence-electron chi connectivity index (χ2n) is 4.67. The van der Waals surface area contributed by atoms with E-state index < -0.39 is 0 Å². The van der Waals surface area contributed by atoms with Crippen LogP contribution >= 0.6 is 11.8 Å². The molecule has 0 aromatic heterocycles. The minimum atomic E-state index is 0.974. The quantitative estimate of drug-likeness (QED) is 0.637. The third-order valence-corrected chi connectivity index (χ3v) is 4.28. The number of nitrogens with one attached hydrogen (secondary N) is 1. The van der Waals surface area contributed by atoms with Gasteiger partial charge in [0.05, 0.1) is 0 Å². The molecule has 1 heterocycles. The van der Waals surface area contributed by atoms with Crippen LogP contribution in [0.25, 0.3) is 0 Å². The van der Waals surface area contributed by atoms with Crippen LogP contribution in [0.3, 0.4) is 0 Å². The molecule has 1 nitrogen and oxygen atoms in total. The van der Waals surface area contributed by atoms with E-state index in [1.54, 1.807) is 0 Å². The molecule has 0 amide bonds. The van der Waals surface area contributed by atoms with Gasteiger partial charge in [-0.1, -0.05) is 32.6 Å². The minimum absolute atomic E-state index is 0.974. The molecule has 15 heavy (non-hydrogen) atoms. The highest BCUT2D eigenvalue weighted by Gasteiger charge is 2.12. The maximum atomic E-state index is 3.62. The van der Waals surface area contributed by atoms with E-state index in [0.29, 0.717) is 0 Å². The fourth-order valence-corrected chi connectivity index (χ4v) is 3.31. The second kappa shape index (κ2) is 9.53. The van der Waals surface area contributed by atoms with Crippen LogP contribution in [0.5, 0.6) is 0 Å². The fourth-order valence-electron chi connectivity index (χ4n) is 2.11. The summed E-state index contributed by atoms with van der Waals surface area (Å²) >= 11 is 2.12. The highest BCUT2D eigenvalue weighted by atomic mass is 32.2. The van der Waals surface area contributed by atoms with E-state index in [-0.39, 0.29) is 0 Å². The molecular weight excluding hydrogens is 202 g/mol. The monoisotopic (exact) mass is 229 g/mol. The average molecular weight is 229 g/mol. The Balaban J connectivity index is 1.79. The van der Waals surface area contributed by atoms with E-state index in [9.17, 15) is 0 Å². The van der Waals surface area contributed by atoms with Crippen molar-refractivity contribution in [2.45, 2.75) is 51.9 Å². The molecule has 1 rings (SSSR count). The summed E-state index contributed by atoms with van der Waals surface area (Å²) in [5.41, 5.74) is 0. The fraction of sp³-hybridized carbons (Fsp3) is 1.00. The van der Waals surface area contributed by atoms with Crippen LogP contribution in [-0.2, 0) is 0 Å². The van der Waals surface area contributed by atoms with Crippen molar-refractivity contribution in [3.63, 3.8) is 0 Å². The summed E-state index contributed by atoms with van der Waals surface area (Å²) in [6.07, 6.45) is 9.87. The molecule has 2 heteroatoms. The maximum Gasteiger partial charge on any atom is -0.00199 e. The molecule has 0 radical (unpaired) electrons. The van der Waals surface area contributed by atoms with Gasteiger partial charge in [0, 0.05) is 0 Å². The van der Waals surface area contributed by atoms with Crippen molar-refractivity contribution in [2.24, 2.45) is 5.92 Å². The minimum Gasteiger partial charge on any atom is -0.316 e. The third-order valence-electron chi connectivity index (χ3n) is 3.23. The molecule has 0 saturated carbocycles. The van der Waals surface area contributed by atoms with Crippen molar-refractivity contribution in [1.82, 2.24) is 5.32 Å². The third kappa shape index (κ3) is 7.24. The van der Waals surface area contributed by atoms with Gasteiger partial charge in [-0.05, 0) is 49.8 Å². The van der Waals surface area contributed by atoms with Crippen LogP contribution < -0.4 is 5.32 Å². The largest absolute Gasteiger partial charge is 0.316 e. The van der Waals surface area contributed by atoms with Crippen molar-refractivity contribution in [2.75, 3.05) is 24.6 Å². The number of unbranched alkanes of at least 4 members (excludes halogenated alkanes) is 4. The zero-order valence-electron chi connectivity index (χ0n) is 10.3. The number of hydrogen-bond donors (Lipinski definition) is 1. The molecule has 0 unspecified atom stereocenters. The Morgan fingerprint density at radius 3 is 2.53 bits per heavy atom. The van der Waals surface area contributed by atoms with E-state index in [0.717, 1.165) is 5.92 Å². The molecule has 0 spiro atoms. The predicted octanol–water partition coefficient (Wildman–Crippen LogP) is 3.69. The Kier molecular flexibility index (Phi) is 8.50. The highest BCUT2D eigenvalue weighted by Crippen LogP contribution is 2.21. The first-order valence-corrected chi connectivity index (χ1v) is 7.87. The van der Waals surface area contributed by atoms with Crippen molar-refractivity contribution in [3.05, 3.63) is 0 Å². The van der Waals surface area contributed by atoms with E-state index in [1.165, 1.54) is 69.5 Å². The summed E-state index contributed by atoms with van der Waals surface area (Å²) in [5.74, 6) is 3.76. The molecule has 0 bridgehead atoms. The Bertz CT molecular complexity index is 132. The molecule has 0 aliphatic carbocycles. The summed E-state index contributed by atoms with van der Waals surface area (Å²) in [7, 11) is 0. The van der Waals surface area contributed by atoms with Gasteiger partial charge in [0.15, 0.2) is 0 Å². The summed E-state index contributed by atoms with van der Waals surface area (Å²) in [4.78, 5) is 0. The van der Waals surface area contributed by atoms with Crippen LogP contribution in [0.2, 0.25) is 0 Å². The second-order valence-corrected chi connectivity index (χ2v) is 5.90. The van der Waals surface area contributed by atoms with E-state index in [1.807, 2.05) is 0 Å². The van der Waals surface area contributed by atoms with Crippen LogP contribution in [0.15, 0.2) is 0 Å².